The molecule has 0 unspecified atom stereocenters. The second kappa shape index (κ2) is 8.80. The standard InChI is InChI=1S/C27H22ClN3O3/c1-16(32)31-24(17-8-11-20(34-2)12-9-17)15-23(30-31)26-25(18-6-4-3-5-7-18)21-14-19(28)10-13-22(21)29-27(26)33/h3-14,24H,15H2,1-2H3,(H,29,33)/t24-/m0/s1. The van der Waals surface area contributed by atoms with Gasteiger partial charge in [-0.3, -0.25) is 9.59 Å². The topological polar surface area (TPSA) is 74.8 Å². The van der Waals surface area contributed by atoms with Crippen LogP contribution in [0.4, 0.5) is 0 Å². The van der Waals surface area contributed by atoms with Crippen LogP contribution in [0.2, 0.25) is 5.02 Å². The van der Waals surface area contributed by atoms with E-state index in [2.05, 4.69) is 10.1 Å². The third-order valence-corrected chi connectivity index (χ3v) is 6.30. The number of benzene rings is 3. The number of aromatic amines is 1. The number of ether oxygens (including phenoxy) is 1. The molecule has 0 radical (unpaired) electrons. The van der Waals surface area contributed by atoms with Crippen LogP contribution in [0.25, 0.3) is 22.0 Å². The van der Waals surface area contributed by atoms with Crippen LogP contribution in [0.5, 0.6) is 5.75 Å². The highest BCUT2D eigenvalue weighted by Crippen LogP contribution is 2.37. The number of fused-ring (bicyclic) bond motifs is 1. The summed E-state index contributed by atoms with van der Waals surface area (Å²) in [5.41, 5.74) is 3.97. The number of carbonyl (C=O) groups excluding carboxylic acids is 1. The maximum Gasteiger partial charge on any atom is 0.258 e. The summed E-state index contributed by atoms with van der Waals surface area (Å²) in [5, 5.41) is 7.49. The quantitative estimate of drug-likeness (QED) is 0.423. The van der Waals surface area contributed by atoms with E-state index in [1.54, 1.807) is 19.2 Å². The molecule has 1 aliphatic rings. The van der Waals surface area contributed by atoms with Gasteiger partial charge in [0.2, 0.25) is 5.91 Å². The largest absolute Gasteiger partial charge is 0.497 e. The summed E-state index contributed by atoms with van der Waals surface area (Å²) in [6.07, 6.45) is 0.404. The number of nitrogens with zero attached hydrogens (tertiary/aromatic N) is 2. The van der Waals surface area contributed by atoms with Crippen LogP contribution in [0.3, 0.4) is 0 Å². The first kappa shape index (κ1) is 21.9. The smallest absolute Gasteiger partial charge is 0.258 e. The van der Waals surface area contributed by atoms with Gasteiger partial charge in [0.1, 0.15) is 5.75 Å². The molecule has 1 N–H and O–H groups in total. The number of nitrogens with one attached hydrogen (secondary N) is 1. The summed E-state index contributed by atoms with van der Waals surface area (Å²) in [7, 11) is 1.61. The zero-order valence-corrected chi connectivity index (χ0v) is 19.5. The number of hydrogen-bond donors (Lipinski definition) is 1. The van der Waals surface area contributed by atoms with E-state index in [0.29, 0.717) is 28.2 Å². The van der Waals surface area contributed by atoms with Crippen molar-refractivity contribution in [2.45, 2.75) is 19.4 Å². The average molecular weight is 472 g/mol. The summed E-state index contributed by atoms with van der Waals surface area (Å²) in [4.78, 5) is 28.9. The molecule has 6 nitrogen and oxygen atoms in total. The molecule has 1 aromatic heterocycles. The van der Waals surface area contributed by atoms with Gasteiger partial charge < -0.3 is 9.72 Å². The normalized spacial score (nSPS) is 15.4. The van der Waals surface area contributed by atoms with Crippen molar-refractivity contribution in [2.75, 3.05) is 7.11 Å². The van der Waals surface area contributed by atoms with E-state index in [4.69, 9.17) is 16.3 Å². The number of aromatic nitrogens is 1. The highest BCUT2D eigenvalue weighted by molar-refractivity contribution is 6.31. The van der Waals surface area contributed by atoms with Gasteiger partial charge in [-0.25, -0.2) is 5.01 Å². The molecule has 1 atom stereocenters. The predicted octanol–water partition coefficient (Wildman–Crippen LogP) is 5.55. The molecular formula is C27H22ClN3O3. The lowest BCUT2D eigenvalue weighted by Gasteiger charge is -2.20. The first-order valence-corrected chi connectivity index (χ1v) is 11.3. The SMILES string of the molecule is COc1ccc([C@@H]2CC(c3c(-c4ccccc4)c4cc(Cl)ccc4[nH]c3=O)=NN2C(C)=O)cc1. The fraction of sp³-hybridized carbons (Fsp3) is 0.148. The van der Waals surface area contributed by atoms with E-state index in [9.17, 15) is 9.59 Å². The van der Waals surface area contributed by atoms with Gasteiger partial charge in [-0.15, -0.1) is 0 Å². The lowest BCUT2D eigenvalue weighted by molar-refractivity contribution is -0.130. The number of methoxy groups -OCH3 is 1. The summed E-state index contributed by atoms with van der Waals surface area (Å²) in [6.45, 7) is 1.48. The van der Waals surface area contributed by atoms with Crippen molar-refractivity contribution < 1.29 is 9.53 Å². The predicted molar refractivity (Wildman–Crippen MR) is 134 cm³/mol. The van der Waals surface area contributed by atoms with Crippen LogP contribution in [-0.2, 0) is 4.79 Å². The highest BCUT2D eigenvalue weighted by Gasteiger charge is 2.34. The zero-order chi connectivity index (χ0) is 23.8. The second-order valence-electron chi connectivity index (χ2n) is 8.16. The van der Waals surface area contributed by atoms with Crippen molar-refractivity contribution in [1.82, 2.24) is 9.99 Å². The van der Waals surface area contributed by atoms with Crippen LogP contribution in [0.15, 0.2) is 82.7 Å². The van der Waals surface area contributed by atoms with Crippen LogP contribution in [-0.4, -0.2) is 28.7 Å². The van der Waals surface area contributed by atoms with E-state index in [0.717, 1.165) is 27.8 Å². The molecule has 7 heteroatoms. The van der Waals surface area contributed by atoms with Gasteiger partial charge >= 0.3 is 0 Å². The van der Waals surface area contributed by atoms with E-state index < -0.39 is 0 Å². The highest BCUT2D eigenvalue weighted by atomic mass is 35.5. The number of H-pyrrole nitrogens is 1. The average Bonchev–Trinajstić information content (AvgIpc) is 3.29. The summed E-state index contributed by atoms with van der Waals surface area (Å²) in [6, 6.07) is 22.3. The van der Waals surface area contributed by atoms with Crippen LogP contribution < -0.4 is 10.3 Å². The Kier molecular flexibility index (Phi) is 5.67. The number of halogens is 1. The maximum absolute atomic E-state index is 13.4. The lowest BCUT2D eigenvalue weighted by Crippen LogP contribution is -2.24. The molecule has 0 saturated heterocycles. The molecule has 1 amide bonds. The van der Waals surface area contributed by atoms with E-state index in [1.807, 2.05) is 60.7 Å². The molecule has 0 bridgehead atoms. The fourth-order valence-electron chi connectivity index (χ4n) is 4.48. The first-order valence-electron chi connectivity index (χ1n) is 10.9. The Morgan fingerprint density at radius 1 is 1.06 bits per heavy atom. The summed E-state index contributed by atoms with van der Waals surface area (Å²) < 4.78 is 5.26. The number of hydrazone groups is 1. The monoisotopic (exact) mass is 471 g/mol. The minimum atomic E-state index is -0.323. The van der Waals surface area contributed by atoms with Crippen molar-refractivity contribution in [3.8, 4) is 16.9 Å². The molecule has 34 heavy (non-hydrogen) atoms. The Hall–Kier alpha value is -3.90. The van der Waals surface area contributed by atoms with Crippen LogP contribution in [0.1, 0.15) is 30.5 Å². The summed E-state index contributed by atoms with van der Waals surface area (Å²) in [5.74, 6) is 0.531. The van der Waals surface area contributed by atoms with Crippen LogP contribution in [0, 0.1) is 0 Å². The summed E-state index contributed by atoms with van der Waals surface area (Å²) >= 11 is 6.34. The van der Waals surface area contributed by atoms with Gasteiger partial charge in [-0.05, 0) is 41.5 Å². The molecule has 0 saturated carbocycles. The van der Waals surface area contributed by atoms with Crippen molar-refractivity contribution in [3.63, 3.8) is 0 Å². The zero-order valence-electron chi connectivity index (χ0n) is 18.7. The van der Waals surface area contributed by atoms with Crippen LogP contribution >= 0.6 is 11.6 Å². The maximum atomic E-state index is 13.4. The number of rotatable bonds is 4. The molecular weight excluding hydrogens is 450 g/mol. The minimum Gasteiger partial charge on any atom is -0.497 e. The molecule has 3 aromatic carbocycles. The van der Waals surface area contributed by atoms with Crippen molar-refractivity contribution in [2.24, 2.45) is 5.10 Å². The Labute approximate surface area is 201 Å². The molecule has 5 rings (SSSR count). The molecule has 2 heterocycles. The number of amides is 1. The number of carbonyl (C=O) groups is 1. The Bertz CT molecular complexity index is 1480. The first-order chi connectivity index (χ1) is 16.5. The Morgan fingerprint density at radius 3 is 2.47 bits per heavy atom. The number of pyridine rings is 1. The third-order valence-electron chi connectivity index (χ3n) is 6.06. The van der Waals surface area contributed by atoms with Crippen molar-refractivity contribution in [3.05, 3.63) is 99.3 Å². The third kappa shape index (κ3) is 3.86. The minimum absolute atomic E-state index is 0.197. The second-order valence-corrected chi connectivity index (χ2v) is 8.60. The molecule has 4 aromatic rings. The van der Waals surface area contributed by atoms with E-state index >= 15 is 0 Å². The fourth-order valence-corrected chi connectivity index (χ4v) is 4.65. The molecule has 1 aliphatic heterocycles. The Balaban J connectivity index is 1.71. The van der Waals surface area contributed by atoms with Crippen molar-refractivity contribution in [1.29, 1.82) is 0 Å². The van der Waals surface area contributed by atoms with Gasteiger partial charge in [-0.2, -0.15) is 5.10 Å². The van der Waals surface area contributed by atoms with E-state index in [1.165, 1.54) is 11.9 Å². The lowest BCUT2D eigenvalue weighted by atomic mass is 9.91. The molecule has 170 valence electrons. The molecule has 0 aliphatic carbocycles. The van der Waals surface area contributed by atoms with Gasteiger partial charge in [0.05, 0.1) is 24.4 Å². The molecule has 0 spiro atoms. The van der Waals surface area contributed by atoms with E-state index in [-0.39, 0.29) is 17.5 Å². The van der Waals surface area contributed by atoms with Gasteiger partial charge in [0, 0.05) is 34.8 Å². The van der Waals surface area contributed by atoms with Gasteiger partial charge in [0.25, 0.3) is 5.56 Å². The molecule has 0 fully saturated rings. The number of hydrogen-bond acceptors (Lipinski definition) is 4. The van der Waals surface area contributed by atoms with Crippen molar-refractivity contribution >= 4 is 34.1 Å². The Morgan fingerprint density at radius 2 is 1.79 bits per heavy atom. The van der Waals surface area contributed by atoms with Gasteiger partial charge in [0.15, 0.2) is 0 Å². The van der Waals surface area contributed by atoms with Gasteiger partial charge in [-0.1, -0.05) is 54.1 Å².